The monoisotopic (exact) mass is 337 g/mol. The predicted molar refractivity (Wildman–Crippen MR) is 86.6 cm³/mol. The number of carboxylic acids is 1. The van der Waals surface area contributed by atoms with E-state index in [0.717, 1.165) is 9.35 Å². The largest absolute Gasteiger partial charge is 0.478 e. The van der Waals surface area contributed by atoms with Crippen molar-refractivity contribution >= 4 is 40.7 Å². The van der Waals surface area contributed by atoms with E-state index in [9.17, 15) is 9.59 Å². The molecule has 2 N–H and O–H groups in total. The molecular formula is C14H15N3O3S2. The van der Waals surface area contributed by atoms with Crippen LogP contribution in [-0.2, 0) is 4.79 Å². The molecule has 1 heterocycles. The lowest BCUT2D eigenvalue weighted by atomic mass is 10.2. The molecule has 1 aromatic carbocycles. The van der Waals surface area contributed by atoms with E-state index in [-0.39, 0.29) is 16.7 Å². The number of carboxylic acid groups (broad SMARTS) is 1. The maximum Gasteiger partial charge on any atom is 0.335 e. The molecule has 8 heteroatoms. The summed E-state index contributed by atoms with van der Waals surface area (Å²) < 4.78 is 0.765. The molecule has 0 radical (unpaired) electrons. The molecule has 0 saturated heterocycles. The van der Waals surface area contributed by atoms with E-state index in [1.807, 2.05) is 13.8 Å². The van der Waals surface area contributed by atoms with E-state index in [2.05, 4.69) is 15.5 Å². The Morgan fingerprint density at radius 1 is 1.32 bits per heavy atom. The molecule has 116 valence electrons. The number of hydrogen-bond acceptors (Lipinski definition) is 6. The molecule has 0 aliphatic rings. The lowest BCUT2D eigenvalue weighted by Gasteiger charge is -2.13. The Hall–Kier alpha value is -1.93. The Balaban J connectivity index is 2.00. The Morgan fingerprint density at radius 3 is 2.50 bits per heavy atom. The first-order valence-electron chi connectivity index (χ1n) is 6.60. The second kappa shape index (κ2) is 7.37. The highest BCUT2D eigenvalue weighted by atomic mass is 32.2. The van der Waals surface area contributed by atoms with E-state index in [1.54, 1.807) is 12.1 Å². The van der Waals surface area contributed by atoms with E-state index in [4.69, 9.17) is 5.11 Å². The summed E-state index contributed by atoms with van der Waals surface area (Å²) in [6.07, 6.45) is 0.655. The standard InChI is InChI=1S/C14H15N3O3S2/c1-3-11(22-14-17-16-8(2)21-14)12(18)15-10-6-4-9(5-7-10)13(19)20/h4-7,11H,3H2,1-2H3,(H,15,18)(H,19,20). The van der Waals surface area contributed by atoms with Gasteiger partial charge in [0.05, 0.1) is 10.8 Å². The van der Waals surface area contributed by atoms with Gasteiger partial charge in [-0.1, -0.05) is 30.0 Å². The minimum absolute atomic E-state index is 0.136. The van der Waals surface area contributed by atoms with Crippen LogP contribution in [0.4, 0.5) is 5.69 Å². The molecule has 0 fully saturated rings. The van der Waals surface area contributed by atoms with Crippen LogP contribution in [0, 0.1) is 6.92 Å². The number of carbonyl (C=O) groups excluding carboxylic acids is 1. The van der Waals surface area contributed by atoms with Gasteiger partial charge in [-0.2, -0.15) is 0 Å². The number of rotatable bonds is 6. The number of carbonyl (C=O) groups is 2. The fourth-order valence-electron chi connectivity index (χ4n) is 1.69. The molecule has 1 aromatic heterocycles. The maximum absolute atomic E-state index is 12.3. The fraction of sp³-hybridized carbons (Fsp3) is 0.286. The van der Waals surface area contributed by atoms with Gasteiger partial charge in [0.2, 0.25) is 5.91 Å². The third kappa shape index (κ3) is 4.28. The average molecular weight is 337 g/mol. The molecular weight excluding hydrogens is 322 g/mol. The first kappa shape index (κ1) is 16.4. The van der Waals surface area contributed by atoms with Gasteiger partial charge in [0.15, 0.2) is 4.34 Å². The first-order valence-corrected chi connectivity index (χ1v) is 8.30. The molecule has 1 unspecified atom stereocenters. The van der Waals surface area contributed by atoms with Crippen LogP contribution < -0.4 is 5.32 Å². The van der Waals surface area contributed by atoms with Crippen molar-refractivity contribution < 1.29 is 14.7 Å². The normalized spacial score (nSPS) is 11.9. The van der Waals surface area contributed by atoms with Crippen LogP contribution in [0.5, 0.6) is 0 Å². The Morgan fingerprint density at radius 2 is 2.00 bits per heavy atom. The van der Waals surface area contributed by atoms with Gasteiger partial charge in [-0.15, -0.1) is 10.2 Å². The summed E-state index contributed by atoms with van der Waals surface area (Å²) in [5.74, 6) is -1.13. The minimum atomic E-state index is -0.994. The van der Waals surface area contributed by atoms with Crippen LogP contribution in [0.3, 0.4) is 0 Å². The summed E-state index contributed by atoms with van der Waals surface area (Å²) in [6.45, 7) is 3.80. The van der Waals surface area contributed by atoms with Crippen LogP contribution >= 0.6 is 23.1 Å². The molecule has 0 saturated carbocycles. The number of amides is 1. The lowest BCUT2D eigenvalue weighted by Crippen LogP contribution is -2.24. The summed E-state index contributed by atoms with van der Waals surface area (Å²) in [4.78, 5) is 23.1. The first-order chi connectivity index (χ1) is 10.5. The number of anilines is 1. The number of aryl methyl sites for hydroxylation is 1. The number of hydrogen-bond donors (Lipinski definition) is 2. The van der Waals surface area contributed by atoms with Gasteiger partial charge in [-0.25, -0.2) is 4.79 Å². The van der Waals surface area contributed by atoms with Crippen molar-refractivity contribution in [1.29, 1.82) is 0 Å². The van der Waals surface area contributed by atoms with Crippen molar-refractivity contribution in [3.05, 3.63) is 34.8 Å². The SMILES string of the molecule is CCC(Sc1nnc(C)s1)C(=O)Nc1ccc(C(=O)O)cc1. The smallest absolute Gasteiger partial charge is 0.335 e. The summed E-state index contributed by atoms with van der Waals surface area (Å²) in [5, 5.41) is 20.2. The summed E-state index contributed by atoms with van der Waals surface area (Å²) >= 11 is 2.84. The van der Waals surface area contributed by atoms with Gasteiger partial charge in [-0.05, 0) is 37.6 Å². The van der Waals surface area contributed by atoms with Crippen molar-refractivity contribution in [3.63, 3.8) is 0 Å². The lowest BCUT2D eigenvalue weighted by molar-refractivity contribution is -0.115. The molecule has 0 aliphatic carbocycles. The van der Waals surface area contributed by atoms with Gasteiger partial charge >= 0.3 is 5.97 Å². The minimum Gasteiger partial charge on any atom is -0.478 e. The zero-order chi connectivity index (χ0) is 16.1. The maximum atomic E-state index is 12.3. The van der Waals surface area contributed by atoms with E-state index in [1.165, 1.54) is 35.2 Å². The predicted octanol–water partition coefficient (Wildman–Crippen LogP) is 3.05. The second-order valence-corrected chi connectivity index (χ2v) is 7.10. The van der Waals surface area contributed by atoms with Crippen molar-refractivity contribution in [2.75, 3.05) is 5.32 Å². The highest BCUT2D eigenvalue weighted by Gasteiger charge is 2.20. The zero-order valence-corrected chi connectivity index (χ0v) is 13.7. The van der Waals surface area contributed by atoms with Gasteiger partial charge in [0, 0.05) is 5.69 Å². The van der Waals surface area contributed by atoms with Crippen LogP contribution in [0.1, 0.15) is 28.7 Å². The number of benzene rings is 1. The summed E-state index contributed by atoms with van der Waals surface area (Å²) in [7, 11) is 0. The van der Waals surface area contributed by atoms with Gasteiger partial charge in [0.1, 0.15) is 5.01 Å². The summed E-state index contributed by atoms with van der Waals surface area (Å²) in [5.41, 5.74) is 0.756. The number of thioether (sulfide) groups is 1. The average Bonchev–Trinajstić information content (AvgIpc) is 2.90. The molecule has 1 atom stereocenters. The summed E-state index contributed by atoms with van der Waals surface area (Å²) in [6, 6.07) is 6.07. The number of aromatic nitrogens is 2. The third-order valence-electron chi connectivity index (χ3n) is 2.81. The van der Waals surface area contributed by atoms with Crippen LogP contribution in [-0.4, -0.2) is 32.4 Å². The highest BCUT2D eigenvalue weighted by Crippen LogP contribution is 2.28. The van der Waals surface area contributed by atoms with Crippen molar-refractivity contribution in [2.45, 2.75) is 29.9 Å². The van der Waals surface area contributed by atoms with Crippen LogP contribution in [0.25, 0.3) is 0 Å². The molecule has 0 bridgehead atoms. The highest BCUT2D eigenvalue weighted by molar-refractivity contribution is 8.02. The molecule has 22 heavy (non-hydrogen) atoms. The van der Waals surface area contributed by atoms with Crippen LogP contribution in [0.2, 0.25) is 0 Å². The Kier molecular flexibility index (Phi) is 5.51. The fourth-order valence-corrected chi connectivity index (χ4v) is 3.67. The van der Waals surface area contributed by atoms with Gasteiger partial charge in [0.25, 0.3) is 0 Å². The van der Waals surface area contributed by atoms with Crippen LogP contribution in [0.15, 0.2) is 28.6 Å². The van der Waals surface area contributed by atoms with Gasteiger partial charge in [-0.3, -0.25) is 4.79 Å². The number of nitrogens with one attached hydrogen (secondary N) is 1. The molecule has 2 rings (SSSR count). The zero-order valence-electron chi connectivity index (χ0n) is 12.1. The second-order valence-electron chi connectivity index (χ2n) is 4.47. The van der Waals surface area contributed by atoms with Gasteiger partial charge < -0.3 is 10.4 Å². The van der Waals surface area contributed by atoms with E-state index < -0.39 is 5.97 Å². The van der Waals surface area contributed by atoms with E-state index in [0.29, 0.717) is 12.1 Å². The third-order valence-corrected chi connectivity index (χ3v) is 5.10. The molecule has 0 aliphatic heterocycles. The van der Waals surface area contributed by atoms with Crippen molar-refractivity contribution in [2.24, 2.45) is 0 Å². The number of aromatic carboxylic acids is 1. The topological polar surface area (TPSA) is 92.2 Å². The molecule has 1 amide bonds. The molecule has 0 spiro atoms. The van der Waals surface area contributed by atoms with Crippen molar-refractivity contribution in [1.82, 2.24) is 10.2 Å². The Bertz CT molecular complexity index is 670. The van der Waals surface area contributed by atoms with Crippen molar-refractivity contribution in [3.8, 4) is 0 Å². The Labute approximate surface area is 136 Å². The quantitative estimate of drug-likeness (QED) is 0.787. The molecule has 2 aromatic rings. The molecule has 6 nitrogen and oxygen atoms in total. The number of nitrogens with zero attached hydrogens (tertiary/aromatic N) is 2. The van der Waals surface area contributed by atoms with E-state index >= 15 is 0 Å².